The minimum Gasteiger partial charge on any atom is -0.454 e. The van der Waals surface area contributed by atoms with Crippen LogP contribution in [0.1, 0.15) is 30.1 Å². The Labute approximate surface area is 124 Å². The number of likely N-dealkylation sites (N-methyl/N-ethyl adjacent to an activating group) is 1. The first-order valence-electron chi connectivity index (χ1n) is 7.40. The predicted molar refractivity (Wildman–Crippen MR) is 79.6 cm³/mol. The first-order valence-corrected chi connectivity index (χ1v) is 7.40. The zero-order chi connectivity index (χ0) is 14.8. The van der Waals surface area contributed by atoms with Gasteiger partial charge in [-0.25, -0.2) is 0 Å². The van der Waals surface area contributed by atoms with Crippen LogP contribution in [0.15, 0.2) is 12.1 Å². The molecule has 3 rings (SSSR count). The maximum absolute atomic E-state index is 12.3. The number of ether oxygens (including phenoxy) is 2. The molecule has 1 saturated heterocycles. The van der Waals surface area contributed by atoms with Crippen LogP contribution in [-0.4, -0.2) is 43.3 Å². The second-order valence-electron chi connectivity index (χ2n) is 5.43. The number of anilines is 1. The summed E-state index contributed by atoms with van der Waals surface area (Å²) < 4.78 is 10.5. The monoisotopic (exact) mass is 291 g/mol. The lowest BCUT2D eigenvalue weighted by molar-refractivity contribution is 0.0942. The molecule has 0 saturated carbocycles. The molecule has 1 atom stereocenters. The van der Waals surface area contributed by atoms with Gasteiger partial charge in [-0.15, -0.1) is 0 Å². The van der Waals surface area contributed by atoms with Crippen LogP contribution in [0.3, 0.4) is 0 Å². The highest BCUT2D eigenvalue weighted by atomic mass is 16.7. The molecule has 0 radical (unpaired) electrons. The van der Waals surface area contributed by atoms with E-state index in [9.17, 15) is 4.79 Å². The lowest BCUT2D eigenvalue weighted by Gasteiger charge is -2.23. The summed E-state index contributed by atoms with van der Waals surface area (Å²) in [7, 11) is 0. The van der Waals surface area contributed by atoms with E-state index in [1.54, 1.807) is 12.1 Å². The van der Waals surface area contributed by atoms with Crippen LogP contribution in [0.5, 0.6) is 11.5 Å². The quantitative estimate of drug-likeness (QED) is 0.816. The molecule has 1 aromatic rings. The van der Waals surface area contributed by atoms with Crippen molar-refractivity contribution in [3.8, 4) is 11.5 Å². The summed E-state index contributed by atoms with van der Waals surface area (Å²) in [4.78, 5) is 14.7. The summed E-state index contributed by atoms with van der Waals surface area (Å²) in [6.07, 6.45) is 2.32. The number of likely N-dealkylation sites (tertiary alicyclic amines) is 1. The summed E-state index contributed by atoms with van der Waals surface area (Å²) in [5.41, 5.74) is 6.78. The first kappa shape index (κ1) is 14.0. The molecular formula is C15H21N3O3. The van der Waals surface area contributed by atoms with Crippen molar-refractivity contribution >= 4 is 11.6 Å². The minimum atomic E-state index is -0.159. The molecule has 1 amide bonds. The van der Waals surface area contributed by atoms with Gasteiger partial charge in [-0.1, -0.05) is 6.92 Å². The molecule has 1 unspecified atom stereocenters. The first-order chi connectivity index (χ1) is 10.2. The number of fused-ring (bicyclic) bond motifs is 1. The number of carbonyl (C=O) groups excluding carboxylic acids is 1. The van der Waals surface area contributed by atoms with Gasteiger partial charge in [-0.3, -0.25) is 9.69 Å². The number of nitrogen functional groups attached to an aromatic ring is 1. The zero-order valence-electron chi connectivity index (χ0n) is 12.2. The Balaban J connectivity index is 1.66. The van der Waals surface area contributed by atoms with E-state index in [1.807, 2.05) is 0 Å². The normalized spacial score (nSPS) is 20.7. The lowest BCUT2D eigenvalue weighted by Crippen LogP contribution is -2.40. The number of nitrogens with one attached hydrogen (secondary N) is 1. The third-order valence-corrected chi connectivity index (χ3v) is 4.19. The van der Waals surface area contributed by atoms with E-state index in [0.717, 1.165) is 19.5 Å². The van der Waals surface area contributed by atoms with Crippen molar-refractivity contribution in [1.82, 2.24) is 10.2 Å². The Bertz CT molecular complexity index is 547. The van der Waals surface area contributed by atoms with Crippen LogP contribution >= 0.6 is 0 Å². The van der Waals surface area contributed by atoms with Crippen LogP contribution in [0.4, 0.5) is 5.69 Å². The van der Waals surface area contributed by atoms with Crippen molar-refractivity contribution in [2.75, 3.05) is 32.2 Å². The van der Waals surface area contributed by atoms with Crippen LogP contribution in [0, 0.1) is 0 Å². The maximum atomic E-state index is 12.3. The fourth-order valence-electron chi connectivity index (χ4n) is 3.00. The molecule has 21 heavy (non-hydrogen) atoms. The summed E-state index contributed by atoms with van der Waals surface area (Å²) in [6, 6.07) is 3.72. The molecule has 0 bridgehead atoms. The fraction of sp³-hybridized carbons (Fsp3) is 0.533. The summed E-state index contributed by atoms with van der Waals surface area (Å²) in [6.45, 7) is 5.11. The molecule has 1 aromatic carbocycles. The Kier molecular flexibility index (Phi) is 3.88. The lowest BCUT2D eigenvalue weighted by atomic mass is 10.1. The second kappa shape index (κ2) is 5.81. The number of rotatable bonds is 4. The maximum Gasteiger partial charge on any atom is 0.253 e. The van der Waals surface area contributed by atoms with Crippen molar-refractivity contribution in [2.45, 2.75) is 25.8 Å². The average Bonchev–Trinajstić information content (AvgIpc) is 3.11. The number of amides is 1. The number of hydrogen-bond donors (Lipinski definition) is 2. The Hall–Kier alpha value is -1.95. The topological polar surface area (TPSA) is 76.8 Å². The third-order valence-electron chi connectivity index (χ3n) is 4.19. The number of nitrogens with zero attached hydrogens (tertiary/aromatic N) is 1. The van der Waals surface area contributed by atoms with E-state index >= 15 is 0 Å². The van der Waals surface area contributed by atoms with E-state index in [0.29, 0.717) is 35.3 Å². The van der Waals surface area contributed by atoms with Gasteiger partial charge in [0.2, 0.25) is 6.79 Å². The van der Waals surface area contributed by atoms with Gasteiger partial charge in [0.05, 0.1) is 5.56 Å². The molecule has 2 aliphatic heterocycles. The van der Waals surface area contributed by atoms with Crippen LogP contribution in [-0.2, 0) is 0 Å². The fourth-order valence-corrected chi connectivity index (χ4v) is 3.00. The molecule has 2 aliphatic rings. The van der Waals surface area contributed by atoms with Gasteiger partial charge >= 0.3 is 0 Å². The molecule has 6 nitrogen and oxygen atoms in total. The molecule has 0 spiro atoms. The van der Waals surface area contributed by atoms with Crippen molar-refractivity contribution in [1.29, 1.82) is 0 Å². The van der Waals surface area contributed by atoms with Gasteiger partial charge < -0.3 is 20.5 Å². The highest BCUT2D eigenvalue weighted by Gasteiger charge is 2.24. The summed E-state index contributed by atoms with van der Waals surface area (Å²) >= 11 is 0. The second-order valence-corrected chi connectivity index (χ2v) is 5.43. The predicted octanol–water partition coefficient (Wildman–Crippen LogP) is 1.21. The highest BCUT2D eigenvalue weighted by Crippen LogP contribution is 2.35. The van der Waals surface area contributed by atoms with Crippen LogP contribution in [0.25, 0.3) is 0 Å². The summed E-state index contributed by atoms with van der Waals surface area (Å²) in [5, 5.41) is 2.98. The smallest absolute Gasteiger partial charge is 0.253 e. The van der Waals surface area contributed by atoms with Gasteiger partial charge in [-0.2, -0.15) is 0 Å². The van der Waals surface area contributed by atoms with Gasteiger partial charge in [0, 0.05) is 24.3 Å². The molecule has 6 heteroatoms. The third kappa shape index (κ3) is 2.76. The van der Waals surface area contributed by atoms with Crippen molar-refractivity contribution in [2.24, 2.45) is 0 Å². The average molecular weight is 291 g/mol. The Morgan fingerprint density at radius 2 is 2.19 bits per heavy atom. The van der Waals surface area contributed by atoms with E-state index in [2.05, 4.69) is 17.1 Å². The van der Waals surface area contributed by atoms with E-state index in [4.69, 9.17) is 15.2 Å². The van der Waals surface area contributed by atoms with Crippen molar-refractivity contribution in [3.63, 3.8) is 0 Å². The van der Waals surface area contributed by atoms with Crippen molar-refractivity contribution < 1.29 is 14.3 Å². The SMILES string of the molecule is CCN1CCCC1CNC(=O)c1cc2c(cc1N)OCO2. The van der Waals surface area contributed by atoms with Gasteiger partial charge in [0.15, 0.2) is 11.5 Å². The largest absolute Gasteiger partial charge is 0.454 e. The van der Waals surface area contributed by atoms with E-state index in [1.165, 1.54) is 6.42 Å². The number of carbonyl (C=O) groups is 1. The Morgan fingerprint density at radius 3 is 2.95 bits per heavy atom. The standard InChI is InChI=1S/C15H21N3O3/c1-2-18-5-3-4-10(18)8-17-15(19)11-6-13-14(7-12(11)16)21-9-20-13/h6-7,10H,2-5,8-9,16H2,1H3,(H,17,19). The molecule has 3 N–H and O–H groups in total. The Morgan fingerprint density at radius 1 is 1.43 bits per heavy atom. The zero-order valence-corrected chi connectivity index (χ0v) is 12.2. The molecule has 2 heterocycles. The molecule has 114 valence electrons. The van der Waals surface area contributed by atoms with Gasteiger partial charge in [-0.05, 0) is 32.0 Å². The molecule has 1 fully saturated rings. The van der Waals surface area contributed by atoms with E-state index in [-0.39, 0.29) is 12.7 Å². The molecular weight excluding hydrogens is 270 g/mol. The molecule has 0 aliphatic carbocycles. The number of nitrogens with two attached hydrogens (primary N) is 1. The van der Waals surface area contributed by atoms with Gasteiger partial charge in [0.25, 0.3) is 5.91 Å². The van der Waals surface area contributed by atoms with Crippen LogP contribution < -0.4 is 20.5 Å². The summed E-state index contributed by atoms with van der Waals surface area (Å²) in [5.74, 6) is 1.01. The highest BCUT2D eigenvalue weighted by molar-refractivity contribution is 6.00. The van der Waals surface area contributed by atoms with Crippen LogP contribution in [0.2, 0.25) is 0 Å². The minimum absolute atomic E-state index is 0.159. The van der Waals surface area contributed by atoms with Gasteiger partial charge in [0.1, 0.15) is 0 Å². The van der Waals surface area contributed by atoms with E-state index < -0.39 is 0 Å². The van der Waals surface area contributed by atoms with Crippen molar-refractivity contribution in [3.05, 3.63) is 17.7 Å². The number of hydrogen-bond acceptors (Lipinski definition) is 5. The molecule has 0 aromatic heterocycles. The number of benzene rings is 1.